The van der Waals surface area contributed by atoms with Crippen LogP contribution in [0.3, 0.4) is 0 Å². The Morgan fingerprint density at radius 1 is 1.21 bits per heavy atom. The summed E-state index contributed by atoms with van der Waals surface area (Å²) >= 11 is 0. The molecule has 0 spiro atoms. The van der Waals surface area contributed by atoms with Gasteiger partial charge in [-0.1, -0.05) is 30.3 Å². The van der Waals surface area contributed by atoms with E-state index in [1.54, 1.807) is 4.90 Å². The molecule has 2 aliphatic heterocycles. The van der Waals surface area contributed by atoms with Gasteiger partial charge < -0.3 is 16.0 Å². The lowest BCUT2D eigenvalue weighted by Crippen LogP contribution is -2.47. The Balaban J connectivity index is 1.58. The molecule has 3 heterocycles. The fraction of sp³-hybridized carbons (Fsp3) is 0.130. The SMILES string of the molecule is Nc1cnccc1C(=O)N[C@@H]1N=Cc2cc([N+](=O)[O-])cc3c2N(C1=O)C(c1ccccc1)C3. The van der Waals surface area contributed by atoms with Crippen LogP contribution in [0.25, 0.3) is 0 Å². The zero-order chi connectivity index (χ0) is 23.1. The van der Waals surface area contributed by atoms with E-state index in [-0.39, 0.29) is 23.0 Å². The summed E-state index contributed by atoms with van der Waals surface area (Å²) in [7, 11) is 0. The van der Waals surface area contributed by atoms with Crippen LogP contribution >= 0.6 is 0 Å². The zero-order valence-corrected chi connectivity index (χ0v) is 17.2. The standard InChI is InChI=1S/C23H18N6O4/c24-18-12-25-7-6-17(18)22(30)27-21-23(31)28-19(13-4-2-1-3-5-13)10-14-8-16(29(32)33)9-15(11-26-21)20(14)28/h1-9,11-12,19,21H,10,24H2,(H,27,30)/t19?,21-/m0/s1. The third-order valence-corrected chi connectivity index (χ3v) is 5.76. The molecule has 5 rings (SSSR count). The Morgan fingerprint density at radius 3 is 2.73 bits per heavy atom. The highest BCUT2D eigenvalue weighted by Crippen LogP contribution is 2.45. The first-order valence-electron chi connectivity index (χ1n) is 10.2. The van der Waals surface area contributed by atoms with Crippen molar-refractivity contribution in [2.75, 3.05) is 10.6 Å². The molecule has 2 amide bonds. The molecule has 0 bridgehead atoms. The van der Waals surface area contributed by atoms with Gasteiger partial charge in [-0.2, -0.15) is 0 Å². The average molecular weight is 442 g/mol. The Labute approximate surface area is 187 Å². The quantitative estimate of drug-likeness (QED) is 0.469. The number of rotatable bonds is 4. The summed E-state index contributed by atoms with van der Waals surface area (Å²) < 4.78 is 0. The molecular formula is C23H18N6O4. The molecule has 0 saturated carbocycles. The minimum atomic E-state index is -1.23. The first-order chi connectivity index (χ1) is 15.9. The molecule has 3 aromatic rings. The summed E-state index contributed by atoms with van der Waals surface area (Å²) in [5, 5.41) is 14.1. The zero-order valence-electron chi connectivity index (χ0n) is 17.2. The van der Waals surface area contributed by atoms with Gasteiger partial charge in [-0.25, -0.2) is 0 Å². The van der Waals surface area contributed by atoms with Gasteiger partial charge in [-0.3, -0.25) is 29.7 Å². The molecule has 3 N–H and O–H groups in total. The lowest BCUT2D eigenvalue weighted by molar-refractivity contribution is -0.384. The van der Waals surface area contributed by atoms with Crippen molar-refractivity contribution in [2.45, 2.75) is 18.6 Å². The monoisotopic (exact) mass is 442 g/mol. The van der Waals surface area contributed by atoms with E-state index in [0.717, 1.165) is 5.56 Å². The van der Waals surface area contributed by atoms with E-state index in [0.29, 0.717) is 23.2 Å². The lowest BCUT2D eigenvalue weighted by atomic mass is 10.0. The van der Waals surface area contributed by atoms with Crippen molar-refractivity contribution < 1.29 is 14.5 Å². The number of pyridine rings is 1. The van der Waals surface area contributed by atoms with Gasteiger partial charge in [0.15, 0.2) is 0 Å². The molecule has 0 fully saturated rings. The van der Waals surface area contributed by atoms with Gasteiger partial charge in [0.1, 0.15) is 0 Å². The molecule has 33 heavy (non-hydrogen) atoms. The summed E-state index contributed by atoms with van der Waals surface area (Å²) in [6.45, 7) is 0. The molecule has 10 heteroatoms. The highest BCUT2D eigenvalue weighted by atomic mass is 16.6. The number of nitrogen functional groups attached to an aromatic ring is 1. The van der Waals surface area contributed by atoms with Gasteiger partial charge in [0.05, 0.1) is 34.1 Å². The van der Waals surface area contributed by atoms with Crippen molar-refractivity contribution in [3.8, 4) is 0 Å². The number of hydrogen-bond acceptors (Lipinski definition) is 7. The fourth-order valence-corrected chi connectivity index (χ4v) is 4.28. The van der Waals surface area contributed by atoms with Crippen molar-refractivity contribution in [2.24, 2.45) is 4.99 Å². The number of nitrogens with two attached hydrogens (primary N) is 1. The minimum absolute atomic E-state index is 0.0802. The van der Waals surface area contributed by atoms with Crippen LogP contribution in [0.2, 0.25) is 0 Å². The summed E-state index contributed by atoms with van der Waals surface area (Å²) in [4.78, 5) is 47.2. The van der Waals surface area contributed by atoms with E-state index >= 15 is 0 Å². The van der Waals surface area contributed by atoms with E-state index in [2.05, 4.69) is 15.3 Å². The van der Waals surface area contributed by atoms with Crippen LogP contribution in [-0.4, -0.2) is 34.1 Å². The predicted octanol–water partition coefficient (Wildman–Crippen LogP) is 2.39. The molecule has 10 nitrogen and oxygen atoms in total. The topological polar surface area (TPSA) is 144 Å². The van der Waals surface area contributed by atoms with Crippen LogP contribution in [0, 0.1) is 10.1 Å². The van der Waals surface area contributed by atoms with Crippen LogP contribution in [0.5, 0.6) is 0 Å². The summed E-state index contributed by atoms with van der Waals surface area (Å²) in [5.41, 5.74) is 8.69. The molecule has 0 radical (unpaired) electrons. The number of benzene rings is 2. The number of anilines is 2. The Morgan fingerprint density at radius 2 is 2.00 bits per heavy atom. The van der Waals surface area contributed by atoms with Crippen LogP contribution in [0.1, 0.15) is 33.1 Å². The molecule has 2 atom stereocenters. The number of nitro groups is 1. The first kappa shape index (κ1) is 20.3. The van der Waals surface area contributed by atoms with Crippen molar-refractivity contribution in [3.63, 3.8) is 0 Å². The highest BCUT2D eigenvalue weighted by Gasteiger charge is 2.42. The maximum Gasteiger partial charge on any atom is 0.272 e. The molecular weight excluding hydrogens is 424 g/mol. The van der Waals surface area contributed by atoms with Crippen LogP contribution in [0.15, 0.2) is 65.9 Å². The Hall–Kier alpha value is -4.60. The number of nitrogens with zero attached hydrogens (tertiary/aromatic N) is 4. The number of non-ortho nitro benzene ring substituents is 1. The van der Waals surface area contributed by atoms with Crippen molar-refractivity contribution in [1.82, 2.24) is 10.3 Å². The number of carbonyl (C=O) groups is 2. The van der Waals surface area contributed by atoms with Gasteiger partial charge in [0.2, 0.25) is 6.17 Å². The van der Waals surface area contributed by atoms with Gasteiger partial charge in [0.25, 0.3) is 17.5 Å². The van der Waals surface area contributed by atoms with E-state index in [4.69, 9.17) is 5.73 Å². The molecule has 0 aliphatic carbocycles. The number of amides is 2. The second-order valence-electron chi connectivity index (χ2n) is 7.76. The summed E-state index contributed by atoms with van der Waals surface area (Å²) in [6, 6.07) is 13.3. The Kier molecular flexibility index (Phi) is 4.82. The third kappa shape index (κ3) is 3.47. The number of aromatic nitrogens is 1. The largest absolute Gasteiger partial charge is 0.397 e. The third-order valence-electron chi connectivity index (χ3n) is 5.76. The van der Waals surface area contributed by atoms with Crippen molar-refractivity contribution >= 4 is 35.1 Å². The van der Waals surface area contributed by atoms with Crippen molar-refractivity contribution in [3.05, 3.63) is 93.3 Å². The van der Waals surface area contributed by atoms with Gasteiger partial charge in [0, 0.05) is 30.1 Å². The van der Waals surface area contributed by atoms with Crippen LogP contribution < -0.4 is 16.0 Å². The van der Waals surface area contributed by atoms with Crippen LogP contribution in [-0.2, 0) is 11.2 Å². The maximum absolute atomic E-state index is 13.6. The second-order valence-corrected chi connectivity index (χ2v) is 7.76. The predicted molar refractivity (Wildman–Crippen MR) is 121 cm³/mol. The van der Waals surface area contributed by atoms with E-state index in [1.165, 1.54) is 36.8 Å². The lowest BCUT2D eigenvalue weighted by Gasteiger charge is -2.28. The van der Waals surface area contributed by atoms with E-state index < -0.39 is 22.9 Å². The summed E-state index contributed by atoms with van der Waals surface area (Å²) in [6.07, 6.45) is 3.36. The van der Waals surface area contributed by atoms with E-state index in [9.17, 15) is 19.7 Å². The molecule has 1 aromatic heterocycles. The molecule has 1 unspecified atom stereocenters. The number of carbonyl (C=O) groups excluding carboxylic acids is 2. The maximum atomic E-state index is 13.6. The summed E-state index contributed by atoms with van der Waals surface area (Å²) in [5.74, 6) is -1.01. The molecule has 2 aliphatic rings. The number of nitro benzene ring substituents is 1. The van der Waals surface area contributed by atoms with E-state index in [1.807, 2.05) is 30.3 Å². The molecule has 0 saturated heterocycles. The van der Waals surface area contributed by atoms with Gasteiger partial charge in [-0.15, -0.1) is 0 Å². The Bertz CT molecular complexity index is 1320. The van der Waals surface area contributed by atoms with Gasteiger partial charge >= 0.3 is 0 Å². The number of nitrogens with one attached hydrogen (secondary N) is 1. The smallest absolute Gasteiger partial charge is 0.272 e. The average Bonchev–Trinajstić information content (AvgIpc) is 3.15. The van der Waals surface area contributed by atoms with Crippen molar-refractivity contribution in [1.29, 1.82) is 0 Å². The van der Waals surface area contributed by atoms with Crippen LogP contribution in [0.4, 0.5) is 17.1 Å². The number of aliphatic imine (C=N–C) groups is 1. The van der Waals surface area contributed by atoms with Gasteiger partial charge in [-0.05, 0) is 23.6 Å². The molecule has 164 valence electrons. The number of hydrogen-bond donors (Lipinski definition) is 2. The fourth-order valence-electron chi connectivity index (χ4n) is 4.28. The normalized spacial score (nSPS) is 18.5. The minimum Gasteiger partial charge on any atom is -0.397 e. The molecule has 2 aromatic carbocycles. The highest BCUT2D eigenvalue weighted by molar-refractivity contribution is 6.10. The first-order valence-corrected chi connectivity index (χ1v) is 10.2. The second kappa shape index (κ2) is 7.83.